The second-order valence-electron chi connectivity index (χ2n) is 5.31. The van der Waals surface area contributed by atoms with Crippen LogP contribution in [-0.4, -0.2) is 19.0 Å². The van der Waals surface area contributed by atoms with Gasteiger partial charge in [-0.25, -0.2) is 0 Å². The number of amides is 1. The van der Waals surface area contributed by atoms with Crippen molar-refractivity contribution in [2.45, 2.75) is 39.5 Å². The molecule has 108 valence electrons. The maximum absolute atomic E-state index is 12.1. The van der Waals surface area contributed by atoms with Crippen molar-refractivity contribution < 1.29 is 4.79 Å². The van der Waals surface area contributed by atoms with E-state index < -0.39 is 0 Å². The third-order valence-electron chi connectivity index (χ3n) is 3.72. The minimum Gasteiger partial charge on any atom is -0.370 e. The van der Waals surface area contributed by atoms with Gasteiger partial charge in [0.25, 0.3) is 5.91 Å². The van der Waals surface area contributed by atoms with Gasteiger partial charge in [-0.15, -0.1) is 0 Å². The fourth-order valence-electron chi connectivity index (χ4n) is 2.61. The number of piperidine rings is 1. The van der Waals surface area contributed by atoms with Gasteiger partial charge in [-0.3, -0.25) is 4.79 Å². The Morgan fingerprint density at radius 1 is 1.25 bits per heavy atom. The molecule has 1 amide bonds. The van der Waals surface area contributed by atoms with E-state index >= 15 is 0 Å². The molecule has 0 unspecified atom stereocenters. The normalized spacial score (nSPS) is 16.1. The fourth-order valence-corrected chi connectivity index (χ4v) is 2.61. The molecule has 1 aromatic carbocycles. The number of rotatable bonds is 4. The first-order valence-electron chi connectivity index (χ1n) is 7.54. The van der Waals surface area contributed by atoms with Gasteiger partial charge < -0.3 is 10.2 Å². The Bertz CT molecular complexity index is 488. The van der Waals surface area contributed by atoms with E-state index in [9.17, 15) is 4.79 Å². The highest BCUT2D eigenvalue weighted by molar-refractivity contribution is 6.05. The number of para-hydroxylation sites is 2. The molecule has 1 aromatic rings. The summed E-state index contributed by atoms with van der Waals surface area (Å²) < 4.78 is 0. The van der Waals surface area contributed by atoms with Gasteiger partial charge >= 0.3 is 0 Å². The lowest BCUT2D eigenvalue weighted by molar-refractivity contribution is -0.112. The zero-order valence-corrected chi connectivity index (χ0v) is 12.5. The highest BCUT2D eigenvalue weighted by Crippen LogP contribution is 2.28. The molecule has 1 fully saturated rings. The molecule has 0 spiro atoms. The number of nitrogens with one attached hydrogen (secondary N) is 1. The average molecular weight is 272 g/mol. The van der Waals surface area contributed by atoms with E-state index in [1.54, 1.807) is 0 Å². The van der Waals surface area contributed by atoms with Crippen LogP contribution in [0.25, 0.3) is 0 Å². The Balaban J connectivity index is 2.15. The van der Waals surface area contributed by atoms with Crippen molar-refractivity contribution in [3.63, 3.8) is 0 Å². The lowest BCUT2D eigenvalue weighted by atomic mass is 10.1. The lowest BCUT2D eigenvalue weighted by Crippen LogP contribution is -2.30. The van der Waals surface area contributed by atoms with Gasteiger partial charge in [0.2, 0.25) is 0 Å². The van der Waals surface area contributed by atoms with Crippen molar-refractivity contribution in [1.29, 1.82) is 0 Å². The molecule has 1 aliphatic heterocycles. The molecular formula is C17H24N2O. The van der Waals surface area contributed by atoms with Crippen LogP contribution in [0.5, 0.6) is 0 Å². The largest absolute Gasteiger partial charge is 0.370 e. The quantitative estimate of drug-likeness (QED) is 0.841. The van der Waals surface area contributed by atoms with Gasteiger partial charge in [0.1, 0.15) is 0 Å². The van der Waals surface area contributed by atoms with Gasteiger partial charge in [-0.05, 0) is 44.7 Å². The first-order valence-corrected chi connectivity index (χ1v) is 7.54. The van der Waals surface area contributed by atoms with E-state index in [0.29, 0.717) is 0 Å². The highest BCUT2D eigenvalue weighted by atomic mass is 16.1. The molecule has 1 heterocycles. The van der Waals surface area contributed by atoms with Crippen LogP contribution in [0.4, 0.5) is 11.4 Å². The molecule has 1 aliphatic rings. The molecule has 0 aliphatic carbocycles. The topological polar surface area (TPSA) is 32.3 Å². The van der Waals surface area contributed by atoms with Crippen LogP contribution < -0.4 is 10.2 Å². The summed E-state index contributed by atoms with van der Waals surface area (Å²) >= 11 is 0. The molecule has 3 heteroatoms. The summed E-state index contributed by atoms with van der Waals surface area (Å²) in [5.74, 6) is -0.00342. The average Bonchev–Trinajstić information content (AvgIpc) is 2.49. The van der Waals surface area contributed by atoms with Gasteiger partial charge in [0.15, 0.2) is 0 Å². The summed E-state index contributed by atoms with van der Waals surface area (Å²) in [4.78, 5) is 14.5. The zero-order chi connectivity index (χ0) is 14.4. The van der Waals surface area contributed by atoms with Gasteiger partial charge in [-0.1, -0.05) is 25.1 Å². The van der Waals surface area contributed by atoms with Crippen molar-refractivity contribution in [3.8, 4) is 0 Å². The number of carbonyl (C=O) groups is 1. The van der Waals surface area contributed by atoms with Crippen LogP contribution >= 0.6 is 0 Å². The van der Waals surface area contributed by atoms with Crippen LogP contribution in [0.15, 0.2) is 35.9 Å². The molecule has 0 radical (unpaired) electrons. The van der Waals surface area contributed by atoms with E-state index in [1.165, 1.54) is 19.3 Å². The minimum atomic E-state index is -0.00342. The summed E-state index contributed by atoms with van der Waals surface area (Å²) in [6.07, 6.45) is 6.61. The van der Waals surface area contributed by atoms with E-state index in [-0.39, 0.29) is 5.91 Å². The number of allylic oxidation sites excluding steroid dienone is 1. The standard InChI is InChI=1S/C17H24N2O/c1-3-9-14(2)17(20)18-15-10-5-6-11-16(15)19-12-7-4-8-13-19/h5-6,9-11H,3-4,7-8,12-13H2,1-2H3,(H,18,20). The van der Waals surface area contributed by atoms with Crippen molar-refractivity contribution in [2.75, 3.05) is 23.3 Å². The van der Waals surface area contributed by atoms with Crippen LogP contribution in [-0.2, 0) is 4.79 Å². The monoisotopic (exact) mass is 272 g/mol. The number of hydrogen-bond acceptors (Lipinski definition) is 2. The number of benzene rings is 1. The number of nitrogens with zero attached hydrogens (tertiary/aromatic N) is 1. The zero-order valence-electron chi connectivity index (χ0n) is 12.5. The van der Waals surface area contributed by atoms with Crippen LogP contribution in [0.2, 0.25) is 0 Å². The lowest BCUT2D eigenvalue weighted by Gasteiger charge is -2.30. The summed E-state index contributed by atoms with van der Waals surface area (Å²) in [5.41, 5.74) is 2.84. The molecule has 2 rings (SSSR count). The number of anilines is 2. The third-order valence-corrected chi connectivity index (χ3v) is 3.72. The molecule has 0 bridgehead atoms. The van der Waals surface area contributed by atoms with Crippen molar-refractivity contribution in [2.24, 2.45) is 0 Å². The Hall–Kier alpha value is -1.77. The maximum Gasteiger partial charge on any atom is 0.251 e. The SMILES string of the molecule is CCC=C(C)C(=O)Nc1ccccc1N1CCCCC1. The molecule has 0 saturated carbocycles. The van der Waals surface area contributed by atoms with Crippen molar-refractivity contribution >= 4 is 17.3 Å². The van der Waals surface area contributed by atoms with Crippen LogP contribution in [0.1, 0.15) is 39.5 Å². The maximum atomic E-state index is 12.1. The van der Waals surface area contributed by atoms with E-state index in [2.05, 4.69) is 16.3 Å². The molecule has 20 heavy (non-hydrogen) atoms. The minimum absolute atomic E-state index is 0.00342. The summed E-state index contributed by atoms with van der Waals surface area (Å²) in [6.45, 7) is 6.06. The van der Waals surface area contributed by atoms with E-state index in [0.717, 1.165) is 36.5 Å². The van der Waals surface area contributed by atoms with Gasteiger partial charge in [0.05, 0.1) is 11.4 Å². The molecule has 1 saturated heterocycles. The first-order chi connectivity index (χ1) is 9.72. The molecule has 1 N–H and O–H groups in total. The highest BCUT2D eigenvalue weighted by Gasteiger charge is 2.15. The van der Waals surface area contributed by atoms with Crippen LogP contribution in [0.3, 0.4) is 0 Å². The molecule has 3 nitrogen and oxygen atoms in total. The summed E-state index contributed by atoms with van der Waals surface area (Å²) in [5, 5.41) is 3.04. The first kappa shape index (κ1) is 14.6. The van der Waals surface area contributed by atoms with Gasteiger partial charge in [0, 0.05) is 18.7 Å². The fraction of sp³-hybridized carbons (Fsp3) is 0.471. The molecule has 0 aromatic heterocycles. The van der Waals surface area contributed by atoms with E-state index in [4.69, 9.17) is 0 Å². The second-order valence-corrected chi connectivity index (χ2v) is 5.31. The van der Waals surface area contributed by atoms with Crippen molar-refractivity contribution in [3.05, 3.63) is 35.9 Å². The third kappa shape index (κ3) is 3.62. The van der Waals surface area contributed by atoms with Crippen LogP contribution in [0, 0.1) is 0 Å². The summed E-state index contributed by atoms with van der Waals surface area (Å²) in [6, 6.07) is 8.09. The Morgan fingerprint density at radius 3 is 2.65 bits per heavy atom. The van der Waals surface area contributed by atoms with Crippen molar-refractivity contribution in [1.82, 2.24) is 0 Å². The summed E-state index contributed by atoms with van der Waals surface area (Å²) in [7, 11) is 0. The van der Waals surface area contributed by atoms with Gasteiger partial charge in [-0.2, -0.15) is 0 Å². The number of carbonyl (C=O) groups excluding carboxylic acids is 1. The predicted molar refractivity (Wildman–Crippen MR) is 85.2 cm³/mol. The Morgan fingerprint density at radius 2 is 1.95 bits per heavy atom. The predicted octanol–water partition coefficient (Wildman–Crippen LogP) is 3.97. The van der Waals surface area contributed by atoms with E-state index in [1.807, 2.05) is 38.1 Å². The smallest absolute Gasteiger partial charge is 0.251 e. The second kappa shape index (κ2) is 7.13. The molecule has 0 atom stereocenters. The Kier molecular flexibility index (Phi) is 5.22. The number of hydrogen-bond donors (Lipinski definition) is 1. The Labute approximate surface area is 121 Å². The molecular weight excluding hydrogens is 248 g/mol.